The summed E-state index contributed by atoms with van der Waals surface area (Å²) in [4.78, 5) is 16.4. The molecule has 0 aliphatic rings. The first kappa shape index (κ1) is 14.3. The van der Waals surface area contributed by atoms with Crippen LogP contribution < -0.4 is 10.6 Å². The zero-order chi connectivity index (χ0) is 15.2. The third-order valence-electron chi connectivity index (χ3n) is 2.81. The van der Waals surface area contributed by atoms with Crippen molar-refractivity contribution in [2.75, 3.05) is 10.6 Å². The molecule has 3 aromatic rings. The molecule has 0 atom stereocenters. The number of rotatable bonds is 6. The lowest BCUT2D eigenvalue weighted by Crippen LogP contribution is -2.09. The number of aromatic nitrogens is 4. The minimum absolute atomic E-state index is 0.124. The molecule has 0 aromatic carbocycles. The van der Waals surface area contributed by atoms with E-state index in [-0.39, 0.29) is 5.28 Å². The normalized spacial score (nSPS) is 10.4. The van der Waals surface area contributed by atoms with E-state index in [1.807, 2.05) is 18.2 Å². The number of hydrogen-bond donors (Lipinski definition) is 2. The van der Waals surface area contributed by atoms with Gasteiger partial charge < -0.3 is 15.1 Å². The molecule has 3 aromatic heterocycles. The minimum Gasteiger partial charge on any atom is -0.472 e. The topological polar surface area (TPSA) is 88.8 Å². The van der Waals surface area contributed by atoms with Crippen molar-refractivity contribution in [2.45, 2.75) is 13.1 Å². The molecule has 2 N–H and O–H groups in total. The van der Waals surface area contributed by atoms with Crippen molar-refractivity contribution in [3.8, 4) is 0 Å². The van der Waals surface area contributed by atoms with Gasteiger partial charge in [0, 0.05) is 31.0 Å². The van der Waals surface area contributed by atoms with Gasteiger partial charge in [-0.2, -0.15) is 15.0 Å². The van der Waals surface area contributed by atoms with Crippen molar-refractivity contribution < 1.29 is 4.42 Å². The SMILES string of the molecule is Clc1nc(NCc2cccnc2)nc(NCc2ccoc2)n1. The van der Waals surface area contributed by atoms with Gasteiger partial charge in [0.2, 0.25) is 17.2 Å². The second-order valence-electron chi connectivity index (χ2n) is 4.45. The molecule has 0 unspecified atom stereocenters. The molecule has 8 heteroatoms. The van der Waals surface area contributed by atoms with E-state index in [2.05, 4.69) is 30.6 Å². The second kappa shape index (κ2) is 6.86. The van der Waals surface area contributed by atoms with Gasteiger partial charge in [0.15, 0.2) is 0 Å². The zero-order valence-corrected chi connectivity index (χ0v) is 12.3. The number of nitrogens with one attached hydrogen (secondary N) is 2. The Morgan fingerprint density at radius 1 is 1.00 bits per heavy atom. The molecule has 0 amide bonds. The van der Waals surface area contributed by atoms with Crippen LogP contribution in [0, 0.1) is 0 Å². The number of furan rings is 1. The zero-order valence-electron chi connectivity index (χ0n) is 11.5. The number of nitrogens with zero attached hydrogens (tertiary/aromatic N) is 4. The van der Waals surface area contributed by atoms with Gasteiger partial charge in [-0.25, -0.2) is 0 Å². The van der Waals surface area contributed by atoms with Crippen LogP contribution >= 0.6 is 11.6 Å². The van der Waals surface area contributed by atoms with E-state index in [4.69, 9.17) is 16.0 Å². The molecule has 0 saturated heterocycles. The Morgan fingerprint density at radius 2 is 1.77 bits per heavy atom. The maximum absolute atomic E-state index is 5.92. The van der Waals surface area contributed by atoms with Crippen molar-refractivity contribution >= 4 is 23.5 Å². The fourth-order valence-corrected chi connectivity index (χ4v) is 1.93. The Labute approximate surface area is 131 Å². The van der Waals surface area contributed by atoms with Crippen molar-refractivity contribution in [3.05, 3.63) is 59.5 Å². The maximum atomic E-state index is 5.92. The molecule has 3 heterocycles. The summed E-state index contributed by atoms with van der Waals surface area (Å²) in [5.41, 5.74) is 2.01. The van der Waals surface area contributed by atoms with Crippen molar-refractivity contribution in [3.63, 3.8) is 0 Å². The highest BCUT2D eigenvalue weighted by molar-refractivity contribution is 6.28. The van der Waals surface area contributed by atoms with Gasteiger partial charge in [-0.1, -0.05) is 6.07 Å². The number of anilines is 2. The molecule has 0 saturated carbocycles. The summed E-state index contributed by atoms with van der Waals surface area (Å²) >= 11 is 5.92. The van der Waals surface area contributed by atoms with Crippen molar-refractivity contribution in [1.29, 1.82) is 0 Å². The summed E-state index contributed by atoms with van der Waals surface area (Å²) in [5, 5.41) is 6.28. The molecule has 3 rings (SSSR count). The molecule has 0 radical (unpaired) electrons. The Hall–Kier alpha value is -2.67. The number of halogens is 1. The first-order valence-electron chi connectivity index (χ1n) is 6.59. The lowest BCUT2D eigenvalue weighted by atomic mass is 10.3. The fourth-order valence-electron chi connectivity index (χ4n) is 1.77. The average Bonchev–Trinajstić information content (AvgIpc) is 3.05. The molecule has 0 aliphatic heterocycles. The first-order chi connectivity index (χ1) is 10.8. The lowest BCUT2D eigenvalue weighted by molar-refractivity contribution is 0.564. The predicted octanol–water partition coefficient (Wildman–Crippen LogP) is 2.74. The largest absolute Gasteiger partial charge is 0.472 e. The third kappa shape index (κ3) is 3.92. The van der Waals surface area contributed by atoms with Gasteiger partial charge in [-0.15, -0.1) is 0 Å². The summed E-state index contributed by atoms with van der Waals surface area (Å²) in [6.45, 7) is 1.09. The van der Waals surface area contributed by atoms with Crippen LogP contribution in [0.4, 0.5) is 11.9 Å². The van der Waals surface area contributed by atoms with Crippen molar-refractivity contribution in [2.24, 2.45) is 0 Å². The molecule has 7 nitrogen and oxygen atoms in total. The molecule has 0 aliphatic carbocycles. The molecular formula is C14H13ClN6O. The Kier molecular flexibility index (Phi) is 4.45. The standard InChI is InChI=1S/C14H13ClN6O/c15-12-19-13(17-7-10-2-1-4-16-6-10)21-14(20-12)18-8-11-3-5-22-9-11/h1-6,9H,7-8H2,(H2,17,18,19,20,21). The Morgan fingerprint density at radius 3 is 2.41 bits per heavy atom. The van der Waals surface area contributed by atoms with E-state index in [0.717, 1.165) is 11.1 Å². The van der Waals surface area contributed by atoms with Gasteiger partial charge in [-0.3, -0.25) is 4.98 Å². The van der Waals surface area contributed by atoms with E-state index >= 15 is 0 Å². The molecule has 112 valence electrons. The van der Waals surface area contributed by atoms with Crippen LogP contribution in [0.25, 0.3) is 0 Å². The van der Waals surface area contributed by atoms with Crippen LogP contribution in [-0.2, 0) is 13.1 Å². The highest BCUT2D eigenvalue weighted by Crippen LogP contribution is 2.12. The molecule has 0 fully saturated rings. The van der Waals surface area contributed by atoms with Crippen LogP contribution in [-0.4, -0.2) is 19.9 Å². The van der Waals surface area contributed by atoms with Gasteiger partial charge in [0.25, 0.3) is 0 Å². The van der Waals surface area contributed by atoms with Crippen LogP contribution in [0.15, 0.2) is 47.5 Å². The minimum atomic E-state index is 0.124. The summed E-state index contributed by atoms with van der Waals surface area (Å²) < 4.78 is 5.00. The molecule has 22 heavy (non-hydrogen) atoms. The monoisotopic (exact) mass is 316 g/mol. The highest BCUT2D eigenvalue weighted by Gasteiger charge is 2.05. The maximum Gasteiger partial charge on any atom is 0.229 e. The van der Waals surface area contributed by atoms with Crippen LogP contribution in [0.2, 0.25) is 5.28 Å². The molecular weight excluding hydrogens is 304 g/mol. The summed E-state index contributed by atoms with van der Waals surface area (Å²) in [6.07, 6.45) is 6.75. The summed E-state index contributed by atoms with van der Waals surface area (Å²) in [6, 6.07) is 5.69. The summed E-state index contributed by atoms with van der Waals surface area (Å²) in [5.74, 6) is 0.799. The number of pyridine rings is 1. The molecule has 0 spiro atoms. The van der Waals surface area contributed by atoms with Crippen molar-refractivity contribution in [1.82, 2.24) is 19.9 Å². The Bertz CT molecular complexity index is 719. The van der Waals surface area contributed by atoms with E-state index < -0.39 is 0 Å². The predicted molar refractivity (Wildman–Crippen MR) is 82.4 cm³/mol. The van der Waals surface area contributed by atoms with Gasteiger partial charge in [-0.05, 0) is 29.3 Å². The smallest absolute Gasteiger partial charge is 0.229 e. The summed E-state index contributed by atoms with van der Waals surface area (Å²) in [7, 11) is 0. The molecule has 0 bridgehead atoms. The van der Waals surface area contributed by atoms with Gasteiger partial charge in [0.05, 0.1) is 12.5 Å². The van der Waals surface area contributed by atoms with E-state index in [0.29, 0.717) is 25.0 Å². The highest BCUT2D eigenvalue weighted by atomic mass is 35.5. The van der Waals surface area contributed by atoms with Gasteiger partial charge >= 0.3 is 0 Å². The van der Waals surface area contributed by atoms with Crippen LogP contribution in [0.3, 0.4) is 0 Å². The quantitative estimate of drug-likeness (QED) is 0.722. The lowest BCUT2D eigenvalue weighted by Gasteiger charge is -2.07. The van der Waals surface area contributed by atoms with Crippen LogP contribution in [0.5, 0.6) is 0 Å². The average molecular weight is 317 g/mol. The van der Waals surface area contributed by atoms with Crippen LogP contribution in [0.1, 0.15) is 11.1 Å². The number of hydrogen-bond acceptors (Lipinski definition) is 7. The second-order valence-corrected chi connectivity index (χ2v) is 4.79. The van der Waals surface area contributed by atoms with E-state index in [1.165, 1.54) is 0 Å². The van der Waals surface area contributed by atoms with E-state index in [9.17, 15) is 0 Å². The first-order valence-corrected chi connectivity index (χ1v) is 6.97. The fraction of sp³-hybridized carbons (Fsp3) is 0.143. The van der Waals surface area contributed by atoms with Gasteiger partial charge in [0.1, 0.15) is 0 Å². The Balaban J connectivity index is 1.64. The van der Waals surface area contributed by atoms with E-state index in [1.54, 1.807) is 24.9 Å². The third-order valence-corrected chi connectivity index (χ3v) is 2.98.